The lowest BCUT2D eigenvalue weighted by molar-refractivity contribution is -0.137. The second-order valence-electron chi connectivity index (χ2n) is 5.43. The second kappa shape index (κ2) is 6.60. The molecule has 0 aliphatic rings. The highest BCUT2D eigenvalue weighted by molar-refractivity contribution is 6.76. The van der Waals surface area contributed by atoms with Crippen molar-refractivity contribution < 1.29 is 9.90 Å². The van der Waals surface area contributed by atoms with Crippen LogP contribution in [0.1, 0.15) is 24.8 Å². The summed E-state index contributed by atoms with van der Waals surface area (Å²) in [5, 5.41) is 8.59. The van der Waals surface area contributed by atoms with E-state index in [9.17, 15) is 4.79 Å². The second-order valence-corrected chi connectivity index (χ2v) is 10.6. The Morgan fingerprint density at radius 2 is 1.82 bits per heavy atom. The number of carbonyl (C=O) groups is 1. The van der Waals surface area contributed by atoms with Gasteiger partial charge in [-0.15, -0.1) is 0 Å². The van der Waals surface area contributed by atoms with Crippen molar-refractivity contribution in [1.82, 2.24) is 0 Å². The fraction of sp³-hybridized carbons (Fsp3) is 0.500. The van der Waals surface area contributed by atoms with Crippen LogP contribution >= 0.6 is 0 Å². The third kappa shape index (κ3) is 6.27. The van der Waals surface area contributed by atoms with Gasteiger partial charge in [-0.05, 0) is 12.5 Å². The number of hydrogen-bond donors (Lipinski definition) is 1. The monoisotopic (exact) mass is 250 g/mol. The van der Waals surface area contributed by atoms with Gasteiger partial charge in [-0.3, -0.25) is 4.79 Å². The zero-order chi connectivity index (χ0) is 12.7. The summed E-state index contributed by atoms with van der Waals surface area (Å²) in [6.45, 7) is 4.78. The van der Waals surface area contributed by atoms with E-state index in [4.69, 9.17) is 5.11 Å². The zero-order valence-electron chi connectivity index (χ0n) is 10.8. The highest BCUT2D eigenvalue weighted by Gasteiger charge is 2.20. The SMILES string of the molecule is C[Si](C)(CCCCC(=O)O)Cc1ccccc1. The fourth-order valence-corrected chi connectivity index (χ4v) is 4.84. The number of carboxylic acid groups (broad SMARTS) is 1. The van der Waals surface area contributed by atoms with Gasteiger partial charge in [0.25, 0.3) is 0 Å². The lowest BCUT2D eigenvalue weighted by Crippen LogP contribution is -2.28. The maximum absolute atomic E-state index is 10.4. The molecule has 2 nitrogen and oxygen atoms in total. The standard InChI is InChI=1S/C14H22O2Si/c1-17(2,11-7-6-10-14(15)16)12-13-8-4-3-5-9-13/h3-5,8-9H,6-7,10-12H2,1-2H3,(H,15,16). The van der Waals surface area contributed by atoms with Crippen LogP contribution in [0.15, 0.2) is 30.3 Å². The van der Waals surface area contributed by atoms with E-state index < -0.39 is 14.0 Å². The molecule has 0 fully saturated rings. The Morgan fingerprint density at radius 1 is 1.18 bits per heavy atom. The van der Waals surface area contributed by atoms with E-state index in [0.29, 0.717) is 6.42 Å². The maximum Gasteiger partial charge on any atom is 0.303 e. The van der Waals surface area contributed by atoms with Crippen molar-refractivity contribution in [3.05, 3.63) is 35.9 Å². The summed E-state index contributed by atoms with van der Waals surface area (Å²) in [4.78, 5) is 10.4. The average Bonchev–Trinajstić information content (AvgIpc) is 2.25. The number of hydrogen-bond acceptors (Lipinski definition) is 1. The number of benzene rings is 1. The van der Waals surface area contributed by atoms with Crippen LogP contribution < -0.4 is 0 Å². The molecule has 1 rings (SSSR count). The molecule has 0 saturated carbocycles. The Bertz CT molecular complexity index is 346. The molecule has 94 valence electrons. The summed E-state index contributed by atoms with van der Waals surface area (Å²) in [5.41, 5.74) is 1.42. The van der Waals surface area contributed by atoms with Crippen LogP contribution in [-0.4, -0.2) is 19.1 Å². The van der Waals surface area contributed by atoms with Crippen LogP contribution in [0.25, 0.3) is 0 Å². The van der Waals surface area contributed by atoms with Crippen molar-refractivity contribution in [2.24, 2.45) is 0 Å². The van der Waals surface area contributed by atoms with Crippen molar-refractivity contribution in [2.45, 2.75) is 44.4 Å². The first kappa shape index (κ1) is 14.0. The first-order valence-corrected chi connectivity index (χ1v) is 9.67. The van der Waals surface area contributed by atoms with E-state index in [2.05, 4.69) is 37.4 Å². The van der Waals surface area contributed by atoms with Crippen molar-refractivity contribution in [3.63, 3.8) is 0 Å². The number of rotatable bonds is 7. The molecule has 0 aromatic heterocycles. The summed E-state index contributed by atoms with van der Waals surface area (Å²) >= 11 is 0. The third-order valence-electron chi connectivity index (χ3n) is 3.02. The summed E-state index contributed by atoms with van der Waals surface area (Å²) in [6.07, 6.45) is 2.19. The van der Waals surface area contributed by atoms with Gasteiger partial charge in [0.15, 0.2) is 0 Å². The van der Waals surface area contributed by atoms with Gasteiger partial charge < -0.3 is 5.11 Å². The Morgan fingerprint density at radius 3 is 2.41 bits per heavy atom. The Hall–Kier alpha value is -1.09. The highest BCUT2D eigenvalue weighted by Crippen LogP contribution is 2.19. The molecule has 1 N–H and O–H groups in total. The molecule has 0 bridgehead atoms. The van der Waals surface area contributed by atoms with Crippen LogP contribution in [0.2, 0.25) is 19.1 Å². The molecular weight excluding hydrogens is 228 g/mol. The van der Waals surface area contributed by atoms with Gasteiger partial charge >= 0.3 is 5.97 Å². The topological polar surface area (TPSA) is 37.3 Å². The fourth-order valence-electron chi connectivity index (χ4n) is 2.12. The summed E-state index contributed by atoms with van der Waals surface area (Å²) in [7, 11) is -1.21. The Labute approximate surface area is 105 Å². The Balaban J connectivity index is 2.33. The normalized spacial score (nSPS) is 11.4. The van der Waals surface area contributed by atoms with Crippen molar-refractivity contribution >= 4 is 14.0 Å². The lowest BCUT2D eigenvalue weighted by Gasteiger charge is -2.22. The summed E-state index contributed by atoms with van der Waals surface area (Å²) in [5.74, 6) is -0.674. The quantitative estimate of drug-likeness (QED) is 0.591. The van der Waals surface area contributed by atoms with Gasteiger partial charge in [-0.2, -0.15) is 0 Å². The van der Waals surface area contributed by atoms with Gasteiger partial charge in [-0.1, -0.05) is 61.5 Å². The van der Waals surface area contributed by atoms with Crippen molar-refractivity contribution in [2.75, 3.05) is 0 Å². The molecule has 1 aromatic carbocycles. The minimum Gasteiger partial charge on any atom is -0.481 e. The molecule has 0 spiro atoms. The molecular formula is C14H22O2Si. The van der Waals surface area contributed by atoms with E-state index in [1.807, 2.05) is 6.07 Å². The molecule has 3 heteroatoms. The van der Waals surface area contributed by atoms with Gasteiger partial charge in [0.05, 0.1) is 8.07 Å². The molecule has 0 saturated heterocycles. The van der Waals surface area contributed by atoms with Gasteiger partial charge in [0.1, 0.15) is 0 Å². The van der Waals surface area contributed by atoms with Crippen LogP contribution in [0.3, 0.4) is 0 Å². The van der Waals surface area contributed by atoms with E-state index >= 15 is 0 Å². The van der Waals surface area contributed by atoms with E-state index in [1.165, 1.54) is 17.7 Å². The van der Waals surface area contributed by atoms with E-state index in [1.54, 1.807) is 0 Å². The van der Waals surface area contributed by atoms with Crippen LogP contribution in [0.4, 0.5) is 0 Å². The first-order chi connectivity index (χ1) is 7.99. The smallest absolute Gasteiger partial charge is 0.303 e. The summed E-state index contributed by atoms with van der Waals surface area (Å²) < 4.78 is 0. The maximum atomic E-state index is 10.4. The number of carboxylic acids is 1. The zero-order valence-corrected chi connectivity index (χ0v) is 11.8. The molecule has 0 radical (unpaired) electrons. The van der Waals surface area contributed by atoms with Crippen molar-refractivity contribution in [3.8, 4) is 0 Å². The lowest BCUT2D eigenvalue weighted by atomic mass is 10.2. The van der Waals surface area contributed by atoms with Crippen LogP contribution in [0, 0.1) is 0 Å². The minimum absolute atomic E-state index is 0.315. The molecule has 0 atom stereocenters. The van der Waals surface area contributed by atoms with E-state index in [-0.39, 0.29) is 0 Å². The van der Waals surface area contributed by atoms with E-state index in [0.717, 1.165) is 12.8 Å². The van der Waals surface area contributed by atoms with Gasteiger partial charge in [0, 0.05) is 6.42 Å². The molecule has 0 unspecified atom stereocenters. The number of unbranched alkanes of at least 4 members (excludes halogenated alkanes) is 1. The first-order valence-electron chi connectivity index (χ1n) is 6.25. The minimum atomic E-state index is -1.21. The van der Waals surface area contributed by atoms with Crippen LogP contribution in [-0.2, 0) is 10.8 Å². The largest absolute Gasteiger partial charge is 0.481 e. The molecule has 0 aliphatic heterocycles. The van der Waals surface area contributed by atoms with Crippen molar-refractivity contribution in [1.29, 1.82) is 0 Å². The molecule has 0 heterocycles. The van der Waals surface area contributed by atoms with Gasteiger partial charge in [-0.25, -0.2) is 0 Å². The average molecular weight is 250 g/mol. The highest BCUT2D eigenvalue weighted by atomic mass is 28.3. The summed E-state index contributed by atoms with van der Waals surface area (Å²) in [6, 6.07) is 13.0. The molecule has 0 amide bonds. The molecule has 1 aromatic rings. The van der Waals surface area contributed by atoms with Gasteiger partial charge in [0.2, 0.25) is 0 Å². The van der Waals surface area contributed by atoms with Crippen LogP contribution in [0.5, 0.6) is 0 Å². The third-order valence-corrected chi connectivity index (χ3v) is 6.09. The Kier molecular flexibility index (Phi) is 5.42. The molecule has 17 heavy (non-hydrogen) atoms. The molecule has 0 aliphatic carbocycles. The predicted octanol–water partition coefficient (Wildman–Crippen LogP) is 3.73. The predicted molar refractivity (Wildman–Crippen MR) is 73.9 cm³/mol. The number of aliphatic carboxylic acids is 1.